The molecule has 0 rings (SSSR count). The number of unbranched alkanes of at least 4 members (excludes halogenated alkanes) is 1. The molecule has 0 fully saturated rings. The van der Waals surface area contributed by atoms with Crippen LogP contribution < -0.4 is 5.32 Å². The third-order valence-corrected chi connectivity index (χ3v) is 3.42. The predicted molar refractivity (Wildman–Crippen MR) is 94.2 cm³/mol. The summed E-state index contributed by atoms with van der Waals surface area (Å²) in [5, 5.41) is 11.5. The molecule has 0 aliphatic carbocycles. The Labute approximate surface area is 150 Å². The third-order valence-electron chi connectivity index (χ3n) is 3.42. The number of hydrogen-bond donors (Lipinski definition) is 2. The summed E-state index contributed by atoms with van der Waals surface area (Å²) in [7, 11) is 0. The minimum absolute atomic E-state index is 0.0254. The van der Waals surface area contributed by atoms with Gasteiger partial charge in [-0.25, -0.2) is 4.79 Å². The van der Waals surface area contributed by atoms with E-state index < -0.39 is 17.5 Å². The Hall–Kier alpha value is -1.79. The molecule has 0 radical (unpaired) electrons. The maximum absolute atomic E-state index is 11.6. The summed E-state index contributed by atoms with van der Waals surface area (Å²) in [6, 6.07) is 0. The van der Waals surface area contributed by atoms with Crippen LogP contribution in [0.25, 0.3) is 0 Å². The van der Waals surface area contributed by atoms with Gasteiger partial charge >= 0.3 is 18.0 Å². The van der Waals surface area contributed by atoms with Gasteiger partial charge in [-0.05, 0) is 51.9 Å². The first-order valence-electron chi connectivity index (χ1n) is 8.82. The van der Waals surface area contributed by atoms with E-state index >= 15 is 0 Å². The molecule has 1 amide bonds. The van der Waals surface area contributed by atoms with E-state index in [0.29, 0.717) is 25.4 Å². The maximum atomic E-state index is 11.6. The van der Waals surface area contributed by atoms with E-state index in [2.05, 4.69) is 5.32 Å². The largest absolute Gasteiger partial charge is 0.481 e. The van der Waals surface area contributed by atoms with E-state index in [1.165, 1.54) is 0 Å². The molecule has 0 spiro atoms. The van der Waals surface area contributed by atoms with Gasteiger partial charge in [-0.1, -0.05) is 13.8 Å². The Kier molecular flexibility index (Phi) is 10.9. The van der Waals surface area contributed by atoms with Crippen LogP contribution in [0.4, 0.5) is 4.79 Å². The minimum Gasteiger partial charge on any atom is -0.481 e. The average Bonchev–Trinajstić information content (AvgIpc) is 2.45. The highest BCUT2D eigenvalue weighted by atomic mass is 16.5. The first kappa shape index (κ1) is 23.2. The summed E-state index contributed by atoms with van der Waals surface area (Å²) in [5.74, 6) is -0.869. The zero-order chi connectivity index (χ0) is 19.5. The SMILES string of the molecule is CC(C)CC(CNC(=O)OCCCCOC(=O)C(C)(C)C)CC(=O)O. The number of carboxylic acids is 1. The number of carbonyl (C=O) groups is 3. The van der Waals surface area contributed by atoms with Gasteiger partial charge in [0.1, 0.15) is 0 Å². The number of carboxylic acid groups (broad SMARTS) is 1. The predicted octanol–water partition coefficient (Wildman–Crippen LogP) is 3.22. The summed E-state index contributed by atoms with van der Waals surface area (Å²) in [4.78, 5) is 34.0. The number of nitrogens with one attached hydrogen (secondary N) is 1. The number of ether oxygens (including phenoxy) is 2. The topological polar surface area (TPSA) is 102 Å². The second kappa shape index (κ2) is 11.7. The number of aliphatic carboxylic acids is 1. The highest BCUT2D eigenvalue weighted by molar-refractivity contribution is 5.75. The Morgan fingerprint density at radius 2 is 1.60 bits per heavy atom. The van der Waals surface area contributed by atoms with Crippen molar-refractivity contribution in [1.29, 1.82) is 0 Å². The average molecular weight is 359 g/mol. The number of hydrogen-bond acceptors (Lipinski definition) is 5. The van der Waals surface area contributed by atoms with Crippen LogP contribution in [0.1, 0.15) is 60.3 Å². The van der Waals surface area contributed by atoms with Gasteiger partial charge in [0.15, 0.2) is 0 Å². The van der Waals surface area contributed by atoms with E-state index in [1.54, 1.807) is 20.8 Å². The van der Waals surface area contributed by atoms with E-state index in [4.69, 9.17) is 14.6 Å². The fourth-order valence-electron chi connectivity index (χ4n) is 2.18. The molecule has 25 heavy (non-hydrogen) atoms. The molecular formula is C18H33NO6. The standard InChI is InChI=1S/C18H33NO6/c1-13(2)10-14(11-15(20)21)12-19-17(23)25-9-7-6-8-24-16(22)18(3,4)5/h13-14H,6-12H2,1-5H3,(H,19,23)(H,20,21). The molecule has 0 aromatic rings. The zero-order valence-corrected chi connectivity index (χ0v) is 16.1. The van der Waals surface area contributed by atoms with Gasteiger partial charge in [0, 0.05) is 13.0 Å². The summed E-state index contributed by atoms with van der Waals surface area (Å²) in [6.07, 6.45) is 1.41. The van der Waals surface area contributed by atoms with Crippen LogP contribution in [0.5, 0.6) is 0 Å². The lowest BCUT2D eigenvalue weighted by atomic mass is 9.94. The number of amides is 1. The maximum Gasteiger partial charge on any atom is 0.407 e. The van der Waals surface area contributed by atoms with Crippen molar-refractivity contribution in [2.45, 2.75) is 60.3 Å². The van der Waals surface area contributed by atoms with Crippen molar-refractivity contribution in [1.82, 2.24) is 5.32 Å². The molecular weight excluding hydrogens is 326 g/mol. The molecule has 0 saturated carbocycles. The van der Waals surface area contributed by atoms with Crippen molar-refractivity contribution in [3.8, 4) is 0 Å². The van der Waals surface area contributed by atoms with Gasteiger partial charge in [-0.15, -0.1) is 0 Å². The second-order valence-corrected chi connectivity index (χ2v) is 7.70. The molecule has 0 aliphatic rings. The van der Waals surface area contributed by atoms with Crippen LogP contribution in [-0.2, 0) is 19.1 Å². The van der Waals surface area contributed by atoms with Crippen molar-refractivity contribution in [3.05, 3.63) is 0 Å². The van der Waals surface area contributed by atoms with Gasteiger partial charge in [-0.3, -0.25) is 9.59 Å². The van der Waals surface area contributed by atoms with E-state index in [0.717, 1.165) is 6.42 Å². The summed E-state index contributed by atoms with van der Waals surface area (Å²) < 4.78 is 10.2. The highest BCUT2D eigenvalue weighted by Gasteiger charge is 2.22. The quantitative estimate of drug-likeness (QED) is 0.434. The lowest BCUT2D eigenvalue weighted by molar-refractivity contribution is -0.153. The highest BCUT2D eigenvalue weighted by Crippen LogP contribution is 2.15. The number of rotatable bonds is 11. The first-order valence-corrected chi connectivity index (χ1v) is 8.82. The van der Waals surface area contributed by atoms with Gasteiger partial charge in [0.2, 0.25) is 0 Å². The van der Waals surface area contributed by atoms with E-state index in [9.17, 15) is 14.4 Å². The van der Waals surface area contributed by atoms with E-state index in [1.807, 2.05) is 13.8 Å². The van der Waals surface area contributed by atoms with Gasteiger partial charge in [0.25, 0.3) is 0 Å². The summed E-state index contributed by atoms with van der Waals surface area (Å²) in [5.41, 5.74) is -0.515. The van der Waals surface area contributed by atoms with Crippen LogP contribution in [0.2, 0.25) is 0 Å². The molecule has 1 unspecified atom stereocenters. The Morgan fingerprint density at radius 3 is 2.08 bits per heavy atom. The van der Waals surface area contributed by atoms with Crippen LogP contribution in [0.15, 0.2) is 0 Å². The molecule has 2 N–H and O–H groups in total. The second-order valence-electron chi connectivity index (χ2n) is 7.70. The fourth-order valence-corrected chi connectivity index (χ4v) is 2.18. The van der Waals surface area contributed by atoms with Gasteiger partial charge in [0.05, 0.1) is 18.6 Å². The smallest absolute Gasteiger partial charge is 0.407 e. The van der Waals surface area contributed by atoms with Crippen LogP contribution in [-0.4, -0.2) is 42.9 Å². The Bertz CT molecular complexity index is 428. The van der Waals surface area contributed by atoms with Crippen molar-refractivity contribution in [2.24, 2.45) is 17.3 Å². The van der Waals surface area contributed by atoms with Crippen LogP contribution in [0, 0.1) is 17.3 Å². The number of esters is 1. The molecule has 146 valence electrons. The lowest BCUT2D eigenvalue weighted by Crippen LogP contribution is -2.31. The first-order chi connectivity index (χ1) is 11.5. The summed E-state index contributed by atoms with van der Waals surface area (Å²) in [6.45, 7) is 10.2. The molecule has 0 saturated heterocycles. The molecule has 7 heteroatoms. The van der Waals surface area contributed by atoms with Gasteiger partial charge < -0.3 is 19.9 Å². The van der Waals surface area contributed by atoms with Crippen molar-refractivity contribution >= 4 is 18.0 Å². The molecule has 0 heterocycles. The molecule has 1 atom stereocenters. The van der Waals surface area contributed by atoms with Crippen molar-refractivity contribution in [3.63, 3.8) is 0 Å². The van der Waals surface area contributed by atoms with Gasteiger partial charge in [-0.2, -0.15) is 0 Å². The zero-order valence-electron chi connectivity index (χ0n) is 16.1. The van der Waals surface area contributed by atoms with Crippen LogP contribution >= 0.6 is 0 Å². The molecule has 0 aromatic heterocycles. The molecule has 0 bridgehead atoms. The third kappa shape index (κ3) is 13.2. The van der Waals surface area contributed by atoms with Crippen LogP contribution in [0.3, 0.4) is 0 Å². The molecule has 0 aromatic carbocycles. The van der Waals surface area contributed by atoms with Crippen molar-refractivity contribution in [2.75, 3.05) is 19.8 Å². The fraction of sp³-hybridized carbons (Fsp3) is 0.833. The molecule has 0 aliphatic heterocycles. The molecule has 7 nitrogen and oxygen atoms in total. The summed E-state index contributed by atoms with van der Waals surface area (Å²) >= 11 is 0. The monoisotopic (exact) mass is 359 g/mol. The Balaban J connectivity index is 3.85. The number of carbonyl (C=O) groups excluding carboxylic acids is 2. The minimum atomic E-state index is -0.870. The lowest BCUT2D eigenvalue weighted by Gasteiger charge is -2.18. The van der Waals surface area contributed by atoms with E-state index in [-0.39, 0.29) is 31.5 Å². The van der Waals surface area contributed by atoms with Crippen molar-refractivity contribution < 1.29 is 29.0 Å². The Morgan fingerprint density at radius 1 is 1.04 bits per heavy atom. The normalized spacial score (nSPS) is 12.6. The number of alkyl carbamates (subject to hydrolysis) is 1.